The molecule has 1 fully saturated rings. The zero-order valence-corrected chi connectivity index (χ0v) is 29.5. The van der Waals surface area contributed by atoms with Gasteiger partial charge >= 0.3 is 5.97 Å². The zero-order valence-electron chi connectivity index (χ0n) is 28.5. The van der Waals surface area contributed by atoms with E-state index in [1.807, 2.05) is 18.2 Å². The second kappa shape index (κ2) is 15.8. The monoisotopic (exact) mass is 666 g/mol. The van der Waals surface area contributed by atoms with E-state index in [0.717, 1.165) is 35.3 Å². The van der Waals surface area contributed by atoms with Crippen molar-refractivity contribution in [3.8, 4) is 11.5 Å². The van der Waals surface area contributed by atoms with Crippen molar-refractivity contribution in [3.05, 3.63) is 132 Å². The van der Waals surface area contributed by atoms with E-state index in [1.54, 1.807) is 12.1 Å². The number of cyclic esters (lactones) is 1. The summed E-state index contributed by atoms with van der Waals surface area (Å²) < 4.78 is 38.9. The fourth-order valence-corrected chi connectivity index (χ4v) is 11.4. The Morgan fingerprint density at radius 3 is 2.15 bits per heavy atom. The van der Waals surface area contributed by atoms with Crippen molar-refractivity contribution in [1.82, 2.24) is 0 Å². The van der Waals surface area contributed by atoms with Crippen molar-refractivity contribution in [2.75, 3.05) is 13.2 Å². The number of carbonyl (C=O) groups is 1. The molecule has 2 atom stereocenters. The van der Waals surface area contributed by atoms with E-state index in [0.29, 0.717) is 25.2 Å². The highest BCUT2D eigenvalue weighted by Gasteiger charge is 2.52. The van der Waals surface area contributed by atoms with E-state index in [-0.39, 0.29) is 36.0 Å². The highest BCUT2D eigenvalue weighted by atomic mass is 28.4. The summed E-state index contributed by atoms with van der Waals surface area (Å²) in [5.74, 6) is 0.876. The molecule has 0 spiro atoms. The summed E-state index contributed by atoms with van der Waals surface area (Å²) in [6.45, 7) is 13.5. The van der Waals surface area contributed by atoms with Gasteiger partial charge in [-0.05, 0) is 77.0 Å². The molecule has 252 valence electrons. The number of benzene rings is 4. The highest BCUT2D eigenvalue weighted by Crippen LogP contribution is 2.39. The molecule has 0 saturated carbocycles. The van der Waals surface area contributed by atoms with Crippen LogP contribution in [0.4, 0.5) is 4.39 Å². The maximum atomic E-state index is 13.3. The summed E-state index contributed by atoms with van der Waals surface area (Å²) in [7, 11) is -2.85. The molecule has 1 aliphatic heterocycles. The molecule has 0 amide bonds. The number of carbonyl (C=O) groups excluding carboxylic acids is 1. The second-order valence-electron chi connectivity index (χ2n) is 13.6. The number of rotatable bonds is 14. The Balaban J connectivity index is 1.34. The van der Waals surface area contributed by atoms with E-state index in [1.165, 1.54) is 22.5 Å². The molecular formula is C41H47FO5Si. The molecule has 1 aliphatic rings. The summed E-state index contributed by atoms with van der Waals surface area (Å²) in [4.78, 5) is 13.1. The van der Waals surface area contributed by atoms with Crippen LogP contribution >= 0.6 is 0 Å². The van der Waals surface area contributed by atoms with Crippen molar-refractivity contribution < 1.29 is 27.8 Å². The van der Waals surface area contributed by atoms with Gasteiger partial charge in [-0.15, -0.1) is 6.58 Å². The smallest absolute Gasteiger partial charge is 0.308 e. The zero-order chi connectivity index (χ0) is 34.1. The van der Waals surface area contributed by atoms with E-state index in [9.17, 15) is 9.18 Å². The van der Waals surface area contributed by atoms with Crippen molar-refractivity contribution in [2.45, 2.75) is 77.0 Å². The normalized spacial score (nSPS) is 16.6. The fourth-order valence-electron chi connectivity index (χ4n) is 6.74. The summed E-state index contributed by atoms with van der Waals surface area (Å²) in [5, 5.41) is 2.15. The van der Waals surface area contributed by atoms with Crippen LogP contribution in [0.2, 0.25) is 5.04 Å². The minimum Gasteiger partial charge on any atom is -0.494 e. The average molecular weight is 667 g/mol. The van der Waals surface area contributed by atoms with Gasteiger partial charge in [-0.1, -0.05) is 105 Å². The van der Waals surface area contributed by atoms with Gasteiger partial charge in [0.2, 0.25) is 0 Å². The number of aryl methyl sites for hydroxylation is 2. The van der Waals surface area contributed by atoms with Gasteiger partial charge in [0.1, 0.15) is 30.0 Å². The lowest BCUT2D eigenvalue weighted by Gasteiger charge is -2.46. The maximum Gasteiger partial charge on any atom is 0.308 e. The molecule has 5 nitrogen and oxygen atoms in total. The first-order valence-electron chi connectivity index (χ1n) is 16.8. The number of ether oxygens (including phenoxy) is 3. The van der Waals surface area contributed by atoms with Gasteiger partial charge in [-0.25, -0.2) is 4.39 Å². The Labute approximate surface area is 285 Å². The van der Waals surface area contributed by atoms with E-state index in [2.05, 4.69) is 94.9 Å². The third-order valence-electron chi connectivity index (χ3n) is 8.82. The summed E-state index contributed by atoms with van der Waals surface area (Å²) in [6.07, 6.45) is 3.97. The van der Waals surface area contributed by atoms with Gasteiger partial charge in [0, 0.05) is 6.42 Å². The Kier molecular flexibility index (Phi) is 11.6. The molecule has 5 rings (SSSR count). The highest BCUT2D eigenvalue weighted by molar-refractivity contribution is 6.99. The van der Waals surface area contributed by atoms with Gasteiger partial charge < -0.3 is 18.6 Å². The standard InChI is InChI=1S/C41H47FO5Si/c1-6-14-31-25-30(2)26-32(15-13-24-44-34-22-20-33(42)21-23-34)40(31)45-29-36-27-35(28-39(43)46-36)47-48(41(3,4)5,37-16-9-7-10-17-37)38-18-11-8-12-19-38/h6-12,16-23,25-26,35-36H,1,13-15,24,27-29H2,2-5H3/t35-,36+/m1/s1. The van der Waals surface area contributed by atoms with Crippen LogP contribution in [-0.4, -0.2) is 39.7 Å². The van der Waals surface area contributed by atoms with Crippen LogP contribution in [0.3, 0.4) is 0 Å². The summed E-state index contributed by atoms with van der Waals surface area (Å²) in [6, 6.07) is 31.3. The Bertz CT molecular complexity index is 1610. The molecule has 4 aromatic rings. The van der Waals surface area contributed by atoms with Crippen LogP contribution in [0.1, 0.15) is 56.7 Å². The molecule has 0 N–H and O–H groups in total. The largest absolute Gasteiger partial charge is 0.494 e. The molecule has 1 saturated heterocycles. The first kappa shape index (κ1) is 35.1. The van der Waals surface area contributed by atoms with E-state index >= 15 is 0 Å². The van der Waals surface area contributed by atoms with Crippen molar-refractivity contribution in [3.63, 3.8) is 0 Å². The van der Waals surface area contributed by atoms with Crippen LogP contribution in [0.15, 0.2) is 110 Å². The van der Waals surface area contributed by atoms with Gasteiger partial charge in [-0.3, -0.25) is 4.79 Å². The van der Waals surface area contributed by atoms with Crippen molar-refractivity contribution in [2.24, 2.45) is 0 Å². The fraction of sp³-hybridized carbons (Fsp3) is 0.341. The minimum atomic E-state index is -2.85. The molecular weight excluding hydrogens is 620 g/mol. The Morgan fingerprint density at radius 2 is 1.54 bits per heavy atom. The number of halogens is 1. The molecule has 4 aromatic carbocycles. The summed E-state index contributed by atoms with van der Waals surface area (Å²) in [5.41, 5.74) is 3.25. The topological polar surface area (TPSA) is 54.0 Å². The molecule has 0 aromatic heterocycles. The third-order valence-corrected chi connectivity index (χ3v) is 13.9. The SMILES string of the molecule is C=CCc1cc(C)cc(CCCOc2ccc(F)cc2)c1OC[C@@H]1C[C@@H](O[Si](c2ccccc2)(c2ccccc2)C(C)(C)C)CC(=O)O1. The predicted molar refractivity (Wildman–Crippen MR) is 192 cm³/mol. The quantitative estimate of drug-likeness (QED) is 0.0593. The second-order valence-corrected chi connectivity index (χ2v) is 17.8. The van der Waals surface area contributed by atoms with Crippen molar-refractivity contribution >= 4 is 24.7 Å². The van der Waals surface area contributed by atoms with Gasteiger partial charge in [0.25, 0.3) is 8.32 Å². The van der Waals surface area contributed by atoms with Crippen LogP contribution in [0.5, 0.6) is 11.5 Å². The summed E-state index contributed by atoms with van der Waals surface area (Å²) >= 11 is 0. The lowest BCUT2D eigenvalue weighted by atomic mass is 9.99. The number of esters is 1. The van der Waals surface area contributed by atoms with E-state index in [4.69, 9.17) is 18.6 Å². The van der Waals surface area contributed by atoms with Gasteiger partial charge in [-0.2, -0.15) is 0 Å². The number of allylic oxidation sites excluding steroid dienone is 1. The molecule has 1 heterocycles. The first-order valence-corrected chi connectivity index (χ1v) is 18.7. The van der Waals surface area contributed by atoms with Gasteiger partial charge in [0.05, 0.1) is 19.1 Å². The van der Waals surface area contributed by atoms with E-state index < -0.39 is 14.4 Å². The molecule has 7 heteroatoms. The molecule has 0 radical (unpaired) electrons. The Morgan fingerprint density at radius 1 is 0.917 bits per heavy atom. The number of hydrogen-bond donors (Lipinski definition) is 0. The van der Waals surface area contributed by atoms with Crippen LogP contribution in [0.25, 0.3) is 0 Å². The minimum absolute atomic E-state index is 0.201. The van der Waals surface area contributed by atoms with Gasteiger partial charge in [0.15, 0.2) is 0 Å². The molecule has 0 aliphatic carbocycles. The average Bonchev–Trinajstić information content (AvgIpc) is 3.06. The molecule has 0 bridgehead atoms. The van der Waals surface area contributed by atoms with Crippen LogP contribution in [0, 0.1) is 12.7 Å². The lowest BCUT2D eigenvalue weighted by Crippen LogP contribution is -2.68. The van der Waals surface area contributed by atoms with Crippen LogP contribution in [-0.2, 0) is 26.8 Å². The third kappa shape index (κ3) is 8.44. The Hall–Kier alpha value is -4.20. The van der Waals surface area contributed by atoms with Crippen LogP contribution < -0.4 is 19.8 Å². The lowest BCUT2D eigenvalue weighted by molar-refractivity contribution is -0.161. The van der Waals surface area contributed by atoms with Crippen molar-refractivity contribution in [1.29, 1.82) is 0 Å². The number of hydrogen-bond acceptors (Lipinski definition) is 5. The maximum absolute atomic E-state index is 13.3. The first-order chi connectivity index (χ1) is 23.1. The molecule has 48 heavy (non-hydrogen) atoms. The molecule has 0 unspecified atom stereocenters. The predicted octanol–water partition coefficient (Wildman–Crippen LogP) is 7.90.